The maximum absolute atomic E-state index is 11.9. The van der Waals surface area contributed by atoms with Crippen LogP contribution in [0.2, 0.25) is 0 Å². The van der Waals surface area contributed by atoms with Crippen LogP contribution in [0.1, 0.15) is 4.88 Å². The van der Waals surface area contributed by atoms with Crippen LogP contribution in [0.4, 0.5) is 5.69 Å². The average Bonchev–Trinajstić information content (AvgIpc) is 3.03. The molecule has 1 aliphatic heterocycles. The molecule has 0 saturated carbocycles. The Morgan fingerprint density at radius 1 is 1.36 bits per heavy atom. The lowest BCUT2D eigenvalue weighted by atomic mass is 10.2. The summed E-state index contributed by atoms with van der Waals surface area (Å²) in [6.45, 7) is -0.163. The average molecular weight is 315 g/mol. The van der Waals surface area contributed by atoms with E-state index in [-0.39, 0.29) is 25.0 Å². The quantitative estimate of drug-likeness (QED) is 0.688. The summed E-state index contributed by atoms with van der Waals surface area (Å²) in [6, 6.07) is 10.9. The minimum absolute atomic E-state index is 0.0667. The molecule has 0 aliphatic carbocycles. The van der Waals surface area contributed by atoms with Crippen LogP contribution in [-0.4, -0.2) is 31.2 Å². The number of anilines is 1. The van der Waals surface area contributed by atoms with Crippen LogP contribution in [0.25, 0.3) is 0 Å². The molecule has 2 aromatic rings. The maximum atomic E-state index is 11.9. The van der Waals surface area contributed by atoms with Crippen LogP contribution >= 0.6 is 11.3 Å². The monoisotopic (exact) mass is 315 g/mol. The molecular formula is C15H13N3O3S. The lowest BCUT2D eigenvalue weighted by Gasteiger charge is -2.28. The molecule has 3 rings (SSSR count). The smallest absolute Gasteiger partial charge is 0.265 e. The van der Waals surface area contributed by atoms with Crippen LogP contribution in [-0.2, 0) is 9.59 Å². The maximum Gasteiger partial charge on any atom is 0.265 e. The molecule has 22 heavy (non-hydrogen) atoms. The van der Waals surface area contributed by atoms with Crippen molar-refractivity contribution in [3.63, 3.8) is 0 Å². The molecule has 112 valence electrons. The van der Waals surface area contributed by atoms with Gasteiger partial charge in [0.25, 0.3) is 11.8 Å². The minimum atomic E-state index is -0.363. The molecule has 0 radical (unpaired) electrons. The number of carbonyl (C=O) groups excluding carboxylic acids is 2. The molecule has 0 saturated heterocycles. The highest BCUT2D eigenvalue weighted by molar-refractivity contribution is 7.11. The van der Waals surface area contributed by atoms with E-state index < -0.39 is 0 Å². The highest BCUT2D eigenvalue weighted by atomic mass is 32.1. The van der Waals surface area contributed by atoms with E-state index in [1.165, 1.54) is 16.2 Å². The second-order valence-electron chi connectivity index (χ2n) is 4.54. The van der Waals surface area contributed by atoms with Crippen LogP contribution in [0.5, 0.6) is 5.75 Å². The summed E-state index contributed by atoms with van der Waals surface area (Å²) < 4.78 is 5.33. The normalized spacial score (nSPS) is 13.8. The van der Waals surface area contributed by atoms with Crippen molar-refractivity contribution in [1.82, 2.24) is 5.43 Å². The molecule has 7 heteroatoms. The first kappa shape index (κ1) is 14.3. The van der Waals surface area contributed by atoms with Gasteiger partial charge in [-0.25, -0.2) is 5.43 Å². The second-order valence-corrected chi connectivity index (χ2v) is 5.52. The van der Waals surface area contributed by atoms with Gasteiger partial charge in [0.05, 0.1) is 11.9 Å². The van der Waals surface area contributed by atoms with E-state index in [1.807, 2.05) is 23.6 Å². The van der Waals surface area contributed by atoms with Crippen molar-refractivity contribution in [1.29, 1.82) is 0 Å². The number of benzene rings is 1. The fourth-order valence-corrected chi connectivity index (χ4v) is 2.62. The van der Waals surface area contributed by atoms with Gasteiger partial charge in [-0.1, -0.05) is 18.2 Å². The van der Waals surface area contributed by atoms with E-state index >= 15 is 0 Å². The number of amides is 2. The molecule has 0 bridgehead atoms. The van der Waals surface area contributed by atoms with Crippen molar-refractivity contribution in [2.75, 3.05) is 18.1 Å². The van der Waals surface area contributed by atoms with Gasteiger partial charge in [-0.2, -0.15) is 5.10 Å². The molecule has 2 amide bonds. The lowest BCUT2D eigenvalue weighted by molar-refractivity contribution is -0.125. The van der Waals surface area contributed by atoms with Gasteiger partial charge in [-0.15, -0.1) is 11.3 Å². The Morgan fingerprint density at radius 3 is 3.05 bits per heavy atom. The number of rotatable bonds is 4. The summed E-state index contributed by atoms with van der Waals surface area (Å²) in [7, 11) is 0. The Labute approximate surface area is 131 Å². The number of hydrogen-bond acceptors (Lipinski definition) is 5. The first-order valence-corrected chi connectivity index (χ1v) is 7.49. The third kappa shape index (κ3) is 3.15. The van der Waals surface area contributed by atoms with E-state index in [2.05, 4.69) is 10.5 Å². The highest BCUT2D eigenvalue weighted by Gasteiger charge is 2.26. The van der Waals surface area contributed by atoms with Crippen LogP contribution in [0.3, 0.4) is 0 Å². The number of hydrogen-bond donors (Lipinski definition) is 1. The first-order chi connectivity index (χ1) is 10.7. The van der Waals surface area contributed by atoms with Gasteiger partial charge in [-0.3, -0.25) is 14.5 Å². The van der Waals surface area contributed by atoms with E-state index in [0.717, 1.165) is 4.88 Å². The number of ether oxygens (including phenoxy) is 1. The predicted molar refractivity (Wildman–Crippen MR) is 84.3 cm³/mol. The third-order valence-corrected chi connectivity index (χ3v) is 3.84. The van der Waals surface area contributed by atoms with Gasteiger partial charge >= 0.3 is 0 Å². The minimum Gasteiger partial charge on any atom is -0.482 e. The largest absolute Gasteiger partial charge is 0.482 e. The Kier molecular flexibility index (Phi) is 4.15. The Balaban J connectivity index is 1.65. The Bertz CT molecular complexity index is 713. The zero-order chi connectivity index (χ0) is 15.4. The number of para-hydroxylation sites is 2. The molecule has 1 aromatic heterocycles. The van der Waals surface area contributed by atoms with Gasteiger partial charge in [0.1, 0.15) is 12.3 Å². The van der Waals surface area contributed by atoms with Gasteiger partial charge < -0.3 is 4.74 Å². The summed E-state index contributed by atoms with van der Waals surface area (Å²) in [5.74, 6) is -0.0223. The van der Waals surface area contributed by atoms with E-state index in [1.54, 1.807) is 24.4 Å². The molecule has 0 unspecified atom stereocenters. The van der Waals surface area contributed by atoms with E-state index in [0.29, 0.717) is 11.4 Å². The number of nitrogens with one attached hydrogen (secondary N) is 1. The standard InChI is InChI=1S/C15H13N3O3S/c19-14(17-16-8-11-4-3-7-22-11)9-18-12-5-1-2-6-13(12)21-10-15(18)20/h1-8H,9-10H2,(H,17,19)/b16-8-. The molecular weight excluding hydrogens is 302 g/mol. The third-order valence-electron chi connectivity index (χ3n) is 3.03. The summed E-state index contributed by atoms with van der Waals surface area (Å²) >= 11 is 1.52. The van der Waals surface area contributed by atoms with Crippen LogP contribution in [0.15, 0.2) is 46.9 Å². The lowest BCUT2D eigenvalue weighted by Crippen LogP contribution is -2.44. The van der Waals surface area contributed by atoms with E-state index in [9.17, 15) is 9.59 Å². The highest BCUT2D eigenvalue weighted by Crippen LogP contribution is 2.31. The Hall–Kier alpha value is -2.67. The van der Waals surface area contributed by atoms with Gasteiger partial charge in [0.2, 0.25) is 0 Å². The Morgan fingerprint density at radius 2 is 2.23 bits per heavy atom. The number of hydrazone groups is 1. The molecule has 2 heterocycles. The van der Waals surface area contributed by atoms with Crippen molar-refractivity contribution in [2.24, 2.45) is 5.10 Å². The van der Waals surface area contributed by atoms with Gasteiger partial charge in [0, 0.05) is 4.88 Å². The first-order valence-electron chi connectivity index (χ1n) is 6.61. The summed E-state index contributed by atoms with van der Waals surface area (Å²) in [5.41, 5.74) is 3.02. The second kappa shape index (κ2) is 6.40. The number of nitrogens with zero attached hydrogens (tertiary/aromatic N) is 2. The molecule has 1 N–H and O–H groups in total. The molecule has 1 aromatic carbocycles. The molecule has 0 atom stereocenters. The fourth-order valence-electron chi connectivity index (χ4n) is 2.04. The van der Waals surface area contributed by atoms with Gasteiger partial charge in [0.15, 0.2) is 6.61 Å². The van der Waals surface area contributed by atoms with Gasteiger partial charge in [-0.05, 0) is 23.6 Å². The molecule has 0 fully saturated rings. The van der Waals surface area contributed by atoms with Crippen molar-refractivity contribution in [3.05, 3.63) is 46.7 Å². The SMILES string of the molecule is O=C(CN1C(=O)COc2ccccc21)N/N=C\c1cccs1. The summed E-state index contributed by atoms with van der Waals surface area (Å²) in [5, 5.41) is 5.80. The fraction of sp³-hybridized carbons (Fsp3) is 0.133. The number of thiophene rings is 1. The number of fused-ring (bicyclic) bond motifs is 1. The summed E-state index contributed by atoms with van der Waals surface area (Å²) in [4.78, 5) is 26.2. The van der Waals surface area contributed by atoms with Crippen molar-refractivity contribution < 1.29 is 14.3 Å². The van der Waals surface area contributed by atoms with E-state index in [4.69, 9.17) is 4.74 Å². The topological polar surface area (TPSA) is 71.0 Å². The van der Waals surface area contributed by atoms with Crippen molar-refractivity contribution >= 4 is 35.1 Å². The van der Waals surface area contributed by atoms with Crippen molar-refractivity contribution in [2.45, 2.75) is 0 Å². The van der Waals surface area contributed by atoms with Crippen LogP contribution < -0.4 is 15.1 Å². The molecule has 1 aliphatic rings. The molecule has 0 spiro atoms. The predicted octanol–water partition coefficient (Wildman–Crippen LogP) is 1.62. The number of carbonyl (C=O) groups is 2. The van der Waals surface area contributed by atoms with Crippen LogP contribution in [0, 0.1) is 0 Å². The van der Waals surface area contributed by atoms with Crippen molar-refractivity contribution in [3.8, 4) is 5.75 Å². The zero-order valence-electron chi connectivity index (χ0n) is 11.6. The summed E-state index contributed by atoms with van der Waals surface area (Å²) in [6.07, 6.45) is 1.57. The zero-order valence-corrected chi connectivity index (χ0v) is 12.4. The molecule has 6 nitrogen and oxygen atoms in total.